The molecule has 1 aromatic heterocycles. The maximum absolute atomic E-state index is 13.3. The van der Waals surface area contributed by atoms with Crippen LogP contribution in [0, 0.1) is 5.82 Å². The Balaban J connectivity index is 1.85. The second kappa shape index (κ2) is 6.01. The van der Waals surface area contributed by atoms with Gasteiger partial charge in [0.2, 0.25) is 11.9 Å². The molecule has 1 saturated heterocycles. The van der Waals surface area contributed by atoms with Crippen LogP contribution in [0.15, 0.2) is 24.3 Å². The zero-order chi connectivity index (χ0) is 14.7. The average Bonchev–Trinajstić information content (AvgIpc) is 2.48. The molecule has 2 aromatic rings. The van der Waals surface area contributed by atoms with Crippen molar-refractivity contribution >= 4 is 11.9 Å². The first-order valence-electron chi connectivity index (χ1n) is 6.95. The number of rotatable bonds is 3. The molecule has 6 nitrogen and oxygen atoms in total. The summed E-state index contributed by atoms with van der Waals surface area (Å²) in [6, 6.07) is 6.37. The molecular formula is C14H17FN6. The van der Waals surface area contributed by atoms with Gasteiger partial charge in [0.1, 0.15) is 5.82 Å². The minimum atomic E-state index is -0.336. The Morgan fingerprint density at radius 3 is 2.95 bits per heavy atom. The SMILES string of the molecule is Nc1nc(NC2CCCNC2)nc(-c2cccc(F)c2)n1. The normalized spacial score (nSPS) is 18.4. The van der Waals surface area contributed by atoms with Gasteiger partial charge in [-0.05, 0) is 31.5 Å². The Morgan fingerprint density at radius 1 is 1.29 bits per heavy atom. The molecule has 0 amide bonds. The number of nitrogens with two attached hydrogens (primary N) is 1. The van der Waals surface area contributed by atoms with Gasteiger partial charge in [0.25, 0.3) is 0 Å². The van der Waals surface area contributed by atoms with E-state index in [2.05, 4.69) is 25.6 Å². The summed E-state index contributed by atoms with van der Waals surface area (Å²) in [6.45, 7) is 1.90. The van der Waals surface area contributed by atoms with Crippen LogP contribution >= 0.6 is 0 Å². The van der Waals surface area contributed by atoms with Crippen molar-refractivity contribution in [1.82, 2.24) is 20.3 Å². The number of halogens is 1. The van der Waals surface area contributed by atoms with Crippen LogP contribution in [-0.2, 0) is 0 Å². The second-order valence-electron chi connectivity index (χ2n) is 5.04. The van der Waals surface area contributed by atoms with Gasteiger partial charge in [-0.25, -0.2) is 4.39 Å². The van der Waals surface area contributed by atoms with Crippen LogP contribution in [0.3, 0.4) is 0 Å². The van der Waals surface area contributed by atoms with Crippen molar-refractivity contribution in [3.05, 3.63) is 30.1 Å². The number of aromatic nitrogens is 3. The molecule has 1 fully saturated rings. The highest BCUT2D eigenvalue weighted by Crippen LogP contribution is 2.18. The number of hydrogen-bond acceptors (Lipinski definition) is 6. The fourth-order valence-electron chi connectivity index (χ4n) is 2.37. The van der Waals surface area contributed by atoms with Gasteiger partial charge >= 0.3 is 0 Å². The number of nitrogen functional groups attached to an aromatic ring is 1. The smallest absolute Gasteiger partial charge is 0.228 e. The summed E-state index contributed by atoms with van der Waals surface area (Å²) < 4.78 is 13.3. The molecule has 110 valence electrons. The molecule has 1 atom stereocenters. The van der Waals surface area contributed by atoms with Crippen LogP contribution < -0.4 is 16.4 Å². The molecule has 1 aromatic carbocycles. The van der Waals surface area contributed by atoms with E-state index in [-0.39, 0.29) is 17.8 Å². The maximum atomic E-state index is 13.3. The van der Waals surface area contributed by atoms with Crippen LogP contribution in [0.1, 0.15) is 12.8 Å². The molecule has 7 heteroatoms. The van der Waals surface area contributed by atoms with Crippen molar-refractivity contribution in [2.24, 2.45) is 0 Å². The summed E-state index contributed by atoms with van der Waals surface area (Å²) in [5, 5.41) is 6.56. The van der Waals surface area contributed by atoms with E-state index in [4.69, 9.17) is 5.73 Å². The number of nitrogens with one attached hydrogen (secondary N) is 2. The van der Waals surface area contributed by atoms with E-state index in [1.165, 1.54) is 12.1 Å². The largest absolute Gasteiger partial charge is 0.368 e. The van der Waals surface area contributed by atoms with E-state index in [9.17, 15) is 4.39 Å². The fourth-order valence-corrected chi connectivity index (χ4v) is 2.37. The summed E-state index contributed by atoms with van der Waals surface area (Å²) in [7, 11) is 0. The van der Waals surface area contributed by atoms with Crippen molar-refractivity contribution in [3.63, 3.8) is 0 Å². The van der Waals surface area contributed by atoms with Gasteiger partial charge in [-0.3, -0.25) is 0 Å². The van der Waals surface area contributed by atoms with Gasteiger partial charge in [-0.2, -0.15) is 15.0 Å². The van der Waals surface area contributed by atoms with Crippen molar-refractivity contribution in [1.29, 1.82) is 0 Å². The summed E-state index contributed by atoms with van der Waals surface area (Å²) in [6.07, 6.45) is 2.16. The van der Waals surface area contributed by atoms with E-state index < -0.39 is 0 Å². The molecule has 21 heavy (non-hydrogen) atoms. The van der Waals surface area contributed by atoms with Crippen molar-refractivity contribution in [3.8, 4) is 11.4 Å². The molecule has 1 aliphatic heterocycles. The summed E-state index contributed by atoms with van der Waals surface area (Å²) in [5.74, 6) is 0.580. The molecular weight excluding hydrogens is 271 g/mol. The van der Waals surface area contributed by atoms with Crippen molar-refractivity contribution < 1.29 is 4.39 Å². The van der Waals surface area contributed by atoms with Gasteiger partial charge in [0.05, 0.1) is 0 Å². The zero-order valence-electron chi connectivity index (χ0n) is 11.5. The van der Waals surface area contributed by atoms with Crippen molar-refractivity contribution in [2.45, 2.75) is 18.9 Å². The molecule has 3 rings (SSSR count). The van der Waals surface area contributed by atoms with Gasteiger partial charge in [-0.1, -0.05) is 12.1 Å². The highest BCUT2D eigenvalue weighted by atomic mass is 19.1. The van der Waals surface area contributed by atoms with E-state index in [0.29, 0.717) is 17.3 Å². The summed E-state index contributed by atoms with van der Waals surface area (Å²) in [4.78, 5) is 12.5. The molecule has 0 spiro atoms. The number of hydrogen-bond donors (Lipinski definition) is 3. The first kappa shape index (κ1) is 13.7. The monoisotopic (exact) mass is 288 g/mol. The molecule has 0 saturated carbocycles. The quantitative estimate of drug-likeness (QED) is 0.791. The third-order valence-corrected chi connectivity index (χ3v) is 3.37. The third-order valence-electron chi connectivity index (χ3n) is 3.37. The number of nitrogens with zero attached hydrogens (tertiary/aromatic N) is 3. The Bertz CT molecular complexity index is 627. The van der Waals surface area contributed by atoms with Crippen LogP contribution in [0.25, 0.3) is 11.4 Å². The van der Waals surface area contributed by atoms with Crippen LogP contribution in [0.4, 0.5) is 16.3 Å². The first-order valence-corrected chi connectivity index (χ1v) is 6.95. The predicted molar refractivity (Wildman–Crippen MR) is 79.1 cm³/mol. The number of anilines is 2. The highest BCUT2D eigenvalue weighted by molar-refractivity contribution is 5.57. The molecule has 0 bridgehead atoms. The van der Waals surface area contributed by atoms with Gasteiger partial charge in [0, 0.05) is 18.2 Å². The van der Waals surface area contributed by atoms with Crippen LogP contribution in [-0.4, -0.2) is 34.1 Å². The lowest BCUT2D eigenvalue weighted by atomic mass is 10.1. The molecule has 1 aliphatic rings. The van der Waals surface area contributed by atoms with Gasteiger partial charge in [-0.15, -0.1) is 0 Å². The second-order valence-corrected chi connectivity index (χ2v) is 5.04. The lowest BCUT2D eigenvalue weighted by molar-refractivity contribution is 0.478. The average molecular weight is 288 g/mol. The Labute approximate surface area is 122 Å². The summed E-state index contributed by atoms with van der Waals surface area (Å²) >= 11 is 0. The van der Waals surface area contributed by atoms with E-state index in [0.717, 1.165) is 25.9 Å². The van der Waals surface area contributed by atoms with Gasteiger partial charge < -0.3 is 16.4 Å². The molecule has 4 N–H and O–H groups in total. The van der Waals surface area contributed by atoms with Crippen molar-refractivity contribution in [2.75, 3.05) is 24.1 Å². The molecule has 2 heterocycles. The van der Waals surface area contributed by atoms with E-state index in [1.54, 1.807) is 12.1 Å². The lowest BCUT2D eigenvalue weighted by Gasteiger charge is -2.23. The standard InChI is InChI=1S/C14H17FN6/c15-10-4-1-3-9(7-10)12-19-13(16)21-14(20-12)18-11-5-2-6-17-8-11/h1,3-4,7,11,17H,2,5-6,8H2,(H3,16,18,19,20,21). The maximum Gasteiger partial charge on any atom is 0.228 e. The highest BCUT2D eigenvalue weighted by Gasteiger charge is 2.15. The Kier molecular flexibility index (Phi) is 3.92. The molecule has 0 radical (unpaired) electrons. The van der Waals surface area contributed by atoms with E-state index in [1.807, 2.05) is 0 Å². The zero-order valence-corrected chi connectivity index (χ0v) is 11.5. The number of piperidine rings is 1. The number of benzene rings is 1. The van der Waals surface area contributed by atoms with E-state index >= 15 is 0 Å². The van der Waals surface area contributed by atoms with Crippen LogP contribution in [0.2, 0.25) is 0 Å². The molecule has 1 unspecified atom stereocenters. The first-order chi connectivity index (χ1) is 10.2. The minimum Gasteiger partial charge on any atom is -0.368 e. The fraction of sp³-hybridized carbons (Fsp3) is 0.357. The Hall–Kier alpha value is -2.28. The predicted octanol–water partition coefficient (Wildman–Crippen LogP) is 1.42. The lowest BCUT2D eigenvalue weighted by Crippen LogP contribution is -2.38. The Morgan fingerprint density at radius 2 is 2.19 bits per heavy atom. The summed E-state index contributed by atoms with van der Waals surface area (Å²) in [5.41, 5.74) is 6.31. The van der Waals surface area contributed by atoms with Crippen LogP contribution in [0.5, 0.6) is 0 Å². The van der Waals surface area contributed by atoms with Gasteiger partial charge in [0.15, 0.2) is 5.82 Å². The topological polar surface area (TPSA) is 88.8 Å². The molecule has 0 aliphatic carbocycles. The third kappa shape index (κ3) is 3.43. The minimum absolute atomic E-state index is 0.121.